The van der Waals surface area contributed by atoms with E-state index in [0.29, 0.717) is 30.4 Å². The second kappa shape index (κ2) is 8.00. The van der Waals surface area contributed by atoms with Crippen LogP contribution in [0.25, 0.3) is 6.08 Å². The van der Waals surface area contributed by atoms with E-state index >= 15 is 0 Å². The molecule has 0 atom stereocenters. The van der Waals surface area contributed by atoms with Crippen molar-refractivity contribution < 1.29 is 18.4 Å². The third-order valence-electron chi connectivity index (χ3n) is 4.89. The van der Waals surface area contributed by atoms with E-state index < -0.39 is 17.1 Å². The summed E-state index contributed by atoms with van der Waals surface area (Å²) in [4.78, 5) is 27.9. The Morgan fingerprint density at radius 2 is 1.86 bits per heavy atom. The Labute approximate surface area is 172 Å². The van der Waals surface area contributed by atoms with E-state index in [1.807, 2.05) is 4.90 Å². The fourth-order valence-electron chi connectivity index (χ4n) is 3.34. The van der Waals surface area contributed by atoms with Crippen LogP contribution < -0.4 is 10.2 Å². The predicted molar refractivity (Wildman–Crippen MR) is 109 cm³/mol. The number of hydrogen-bond donors (Lipinski definition) is 1. The number of rotatable bonds is 4. The third kappa shape index (κ3) is 4.50. The lowest BCUT2D eigenvalue weighted by atomic mass is 10.0. The summed E-state index contributed by atoms with van der Waals surface area (Å²) < 4.78 is 27.9. The van der Waals surface area contributed by atoms with E-state index in [9.17, 15) is 18.4 Å². The van der Waals surface area contributed by atoms with Crippen LogP contribution in [0, 0.1) is 0 Å². The standard InChI is InChI=1S/C19H22ClF2N3O2S/c1-11(2)24-4-6-25(7-5-24)16-12(9-15-17(26)23-18(27)28-15)8-13(10-14(16)20)19(3,21)22/h8-11H,4-7H2,1-3H3,(H,23,26,27)/b15-9-. The quantitative estimate of drug-likeness (QED) is 0.723. The molecule has 2 amide bonds. The number of benzene rings is 1. The molecule has 1 aromatic carbocycles. The van der Waals surface area contributed by atoms with Crippen LogP contribution >= 0.6 is 23.4 Å². The molecular weight excluding hydrogens is 408 g/mol. The van der Waals surface area contributed by atoms with E-state index in [0.717, 1.165) is 31.8 Å². The summed E-state index contributed by atoms with van der Waals surface area (Å²) in [5.74, 6) is -3.61. The van der Waals surface area contributed by atoms with Crippen LogP contribution in [0.2, 0.25) is 5.02 Å². The topological polar surface area (TPSA) is 52.6 Å². The van der Waals surface area contributed by atoms with Gasteiger partial charge in [-0.25, -0.2) is 8.78 Å². The maximum Gasteiger partial charge on any atom is 0.290 e. The van der Waals surface area contributed by atoms with Crippen molar-refractivity contribution in [1.29, 1.82) is 0 Å². The first-order valence-electron chi connectivity index (χ1n) is 9.02. The predicted octanol–water partition coefficient (Wildman–Crippen LogP) is 4.31. The Hall–Kier alpha value is -1.64. The monoisotopic (exact) mass is 429 g/mol. The van der Waals surface area contributed by atoms with Gasteiger partial charge in [-0.3, -0.25) is 19.8 Å². The average Bonchev–Trinajstić information content (AvgIpc) is 2.91. The molecule has 2 aliphatic rings. The minimum Gasteiger partial charge on any atom is -0.367 e. The number of imide groups is 1. The van der Waals surface area contributed by atoms with Crippen molar-refractivity contribution in [2.75, 3.05) is 31.1 Å². The summed E-state index contributed by atoms with van der Waals surface area (Å²) in [6.45, 7) is 8.08. The summed E-state index contributed by atoms with van der Waals surface area (Å²) in [5, 5.41) is 1.91. The summed E-state index contributed by atoms with van der Waals surface area (Å²) in [5.41, 5.74) is 0.788. The van der Waals surface area contributed by atoms with Gasteiger partial charge in [-0.1, -0.05) is 11.6 Å². The molecule has 152 valence electrons. The molecule has 0 saturated carbocycles. The number of piperazine rings is 1. The van der Waals surface area contributed by atoms with Gasteiger partial charge in [0.2, 0.25) is 0 Å². The van der Waals surface area contributed by atoms with Crippen LogP contribution in [0.1, 0.15) is 31.9 Å². The van der Waals surface area contributed by atoms with Gasteiger partial charge in [0.05, 0.1) is 15.6 Å². The van der Waals surface area contributed by atoms with E-state index in [1.165, 1.54) is 18.2 Å². The van der Waals surface area contributed by atoms with Crippen LogP contribution in [0.3, 0.4) is 0 Å². The molecule has 0 spiro atoms. The Morgan fingerprint density at radius 3 is 2.36 bits per heavy atom. The van der Waals surface area contributed by atoms with Crippen molar-refractivity contribution in [3.63, 3.8) is 0 Å². The van der Waals surface area contributed by atoms with Gasteiger partial charge >= 0.3 is 0 Å². The van der Waals surface area contributed by atoms with Crippen molar-refractivity contribution in [1.82, 2.24) is 10.2 Å². The number of anilines is 1. The molecule has 0 unspecified atom stereocenters. The maximum absolute atomic E-state index is 13.9. The van der Waals surface area contributed by atoms with Gasteiger partial charge in [-0.15, -0.1) is 0 Å². The molecule has 5 nitrogen and oxygen atoms in total. The molecule has 0 aromatic heterocycles. The molecule has 2 saturated heterocycles. The number of nitrogens with zero attached hydrogens (tertiary/aromatic N) is 2. The van der Waals surface area contributed by atoms with Crippen molar-refractivity contribution in [2.45, 2.75) is 32.7 Å². The van der Waals surface area contributed by atoms with Gasteiger partial charge in [-0.05, 0) is 43.8 Å². The number of carbonyl (C=O) groups is 2. The number of nitrogens with one attached hydrogen (secondary N) is 1. The lowest BCUT2D eigenvalue weighted by molar-refractivity contribution is -0.115. The first kappa shape index (κ1) is 21.1. The number of hydrogen-bond acceptors (Lipinski definition) is 5. The molecule has 3 rings (SSSR count). The molecule has 28 heavy (non-hydrogen) atoms. The number of thioether (sulfide) groups is 1. The largest absolute Gasteiger partial charge is 0.367 e. The van der Waals surface area contributed by atoms with Crippen molar-refractivity contribution in [3.05, 3.63) is 33.2 Å². The molecule has 1 N–H and O–H groups in total. The minimum atomic E-state index is -3.08. The Bertz CT molecular complexity index is 831. The summed E-state index contributed by atoms with van der Waals surface area (Å²) in [7, 11) is 0. The molecule has 0 bridgehead atoms. The number of carbonyl (C=O) groups excluding carboxylic acids is 2. The second-order valence-corrected chi connectivity index (χ2v) is 8.68. The van der Waals surface area contributed by atoms with Gasteiger partial charge in [0.15, 0.2) is 0 Å². The summed E-state index contributed by atoms with van der Waals surface area (Å²) >= 11 is 7.18. The zero-order valence-electron chi connectivity index (χ0n) is 15.9. The minimum absolute atomic E-state index is 0.166. The van der Waals surface area contributed by atoms with Crippen molar-refractivity contribution in [2.24, 2.45) is 0 Å². The van der Waals surface area contributed by atoms with Crippen LogP contribution in [-0.2, 0) is 10.7 Å². The van der Waals surface area contributed by atoms with Gasteiger partial charge in [0.25, 0.3) is 17.1 Å². The first-order chi connectivity index (χ1) is 13.1. The highest BCUT2D eigenvalue weighted by Gasteiger charge is 2.30. The lowest BCUT2D eigenvalue weighted by Crippen LogP contribution is -2.49. The van der Waals surface area contributed by atoms with Gasteiger partial charge in [-0.2, -0.15) is 0 Å². The third-order valence-corrected chi connectivity index (χ3v) is 5.99. The first-order valence-corrected chi connectivity index (χ1v) is 10.2. The molecule has 9 heteroatoms. The van der Waals surface area contributed by atoms with Gasteiger partial charge in [0.1, 0.15) is 0 Å². The molecular formula is C19H22ClF2N3O2S. The van der Waals surface area contributed by atoms with E-state index in [-0.39, 0.29) is 15.5 Å². The van der Waals surface area contributed by atoms with Gasteiger partial charge in [0, 0.05) is 50.3 Å². The van der Waals surface area contributed by atoms with Crippen LogP contribution in [0.15, 0.2) is 17.0 Å². The second-order valence-electron chi connectivity index (χ2n) is 7.25. The summed E-state index contributed by atoms with van der Waals surface area (Å²) in [6.07, 6.45) is 1.47. The zero-order valence-corrected chi connectivity index (χ0v) is 17.5. The highest BCUT2D eigenvalue weighted by molar-refractivity contribution is 8.18. The van der Waals surface area contributed by atoms with Crippen LogP contribution in [0.5, 0.6) is 0 Å². The molecule has 1 aromatic rings. The number of halogens is 3. The average molecular weight is 430 g/mol. The van der Waals surface area contributed by atoms with E-state index in [2.05, 4.69) is 24.1 Å². The Morgan fingerprint density at radius 1 is 1.21 bits per heavy atom. The smallest absolute Gasteiger partial charge is 0.290 e. The lowest BCUT2D eigenvalue weighted by Gasteiger charge is -2.39. The van der Waals surface area contributed by atoms with Gasteiger partial charge < -0.3 is 4.90 Å². The number of alkyl halides is 2. The molecule has 2 aliphatic heterocycles. The Kier molecular flexibility index (Phi) is 6.03. The molecule has 0 radical (unpaired) electrons. The fourth-order valence-corrected chi connectivity index (χ4v) is 4.36. The molecule has 0 aliphatic carbocycles. The number of amides is 2. The van der Waals surface area contributed by atoms with E-state index in [4.69, 9.17) is 11.6 Å². The normalized spacial score (nSPS) is 20.4. The Balaban J connectivity index is 2.03. The molecule has 2 fully saturated rings. The zero-order chi connectivity index (χ0) is 20.6. The van der Waals surface area contributed by atoms with Crippen LogP contribution in [0.4, 0.5) is 19.3 Å². The maximum atomic E-state index is 13.9. The van der Waals surface area contributed by atoms with Crippen molar-refractivity contribution >= 4 is 46.3 Å². The fraction of sp³-hybridized carbons (Fsp3) is 0.474. The summed E-state index contributed by atoms with van der Waals surface area (Å²) in [6, 6.07) is 3.05. The van der Waals surface area contributed by atoms with Crippen molar-refractivity contribution in [3.8, 4) is 0 Å². The highest BCUT2D eigenvalue weighted by Crippen LogP contribution is 2.39. The van der Waals surface area contributed by atoms with E-state index in [1.54, 1.807) is 0 Å². The molecule has 2 heterocycles. The van der Waals surface area contributed by atoms with Crippen LogP contribution in [-0.4, -0.2) is 48.3 Å². The SMILES string of the molecule is CC(C)N1CCN(c2c(Cl)cc(C(C)(F)F)cc2/C=C2\SC(=O)NC2=O)CC1. The highest BCUT2D eigenvalue weighted by atomic mass is 35.5.